The van der Waals surface area contributed by atoms with Crippen LogP contribution in [-0.2, 0) is 25.4 Å². The molecule has 0 bridgehead atoms. The molecular formula is C53H62O8P2. The molecule has 332 valence electrons. The quantitative estimate of drug-likeness (QED) is 0.0924. The highest BCUT2D eigenvalue weighted by Crippen LogP contribution is 2.57. The first kappa shape index (κ1) is 47.1. The zero-order valence-corrected chi connectivity index (χ0v) is 40.4. The van der Waals surface area contributed by atoms with E-state index in [1.165, 1.54) is 0 Å². The molecule has 2 N–H and O–H groups in total. The molecule has 2 unspecified atom stereocenters. The van der Waals surface area contributed by atoms with E-state index in [9.17, 15) is 19.3 Å². The maximum absolute atomic E-state index is 14.1. The fourth-order valence-electron chi connectivity index (χ4n) is 7.37. The number of ether oxygens (including phenoxy) is 2. The van der Waals surface area contributed by atoms with Gasteiger partial charge in [-0.1, -0.05) is 114 Å². The minimum Gasteiger partial charge on any atom is -0.508 e. The molecule has 0 aromatic heterocycles. The van der Waals surface area contributed by atoms with Crippen molar-refractivity contribution in [3.63, 3.8) is 0 Å². The lowest BCUT2D eigenvalue weighted by Gasteiger charge is -2.33. The lowest BCUT2D eigenvalue weighted by molar-refractivity contribution is 0.178. The van der Waals surface area contributed by atoms with Gasteiger partial charge in [0.2, 0.25) is 0 Å². The SMILES string of the molecule is CC(C)(c1ccc(O)cc1)c1ccc(OC(C)(C)P(C)(=O)Oc2ccc(C(C)(C)c3ccc(OC(C)(C)P(C)(=O)Oc4ccc(C(C)(C)c5ccc(O)cc5)cc4)cc3)cc2)cc1. The maximum atomic E-state index is 14.1. The molecule has 0 saturated carbocycles. The third-order valence-electron chi connectivity index (χ3n) is 12.7. The smallest absolute Gasteiger partial charge is 0.286 e. The molecule has 63 heavy (non-hydrogen) atoms. The second-order valence-corrected chi connectivity index (χ2v) is 24.9. The number of hydrogen-bond acceptors (Lipinski definition) is 8. The molecule has 0 aliphatic rings. The highest BCUT2D eigenvalue weighted by molar-refractivity contribution is 7.60. The lowest BCUT2D eigenvalue weighted by atomic mass is 9.78. The van der Waals surface area contributed by atoms with E-state index in [1.54, 1.807) is 65.3 Å². The topological polar surface area (TPSA) is 112 Å². The third kappa shape index (κ3) is 10.2. The van der Waals surface area contributed by atoms with Gasteiger partial charge in [-0.2, -0.15) is 0 Å². The van der Waals surface area contributed by atoms with Gasteiger partial charge in [0.1, 0.15) is 34.5 Å². The van der Waals surface area contributed by atoms with Crippen LogP contribution in [0.2, 0.25) is 0 Å². The van der Waals surface area contributed by atoms with Gasteiger partial charge in [0.25, 0.3) is 14.7 Å². The van der Waals surface area contributed by atoms with Crippen molar-refractivity contribution in [3.05, 3.63) is 179 Å². The third-order valence-corrected chi connectivity index (χ3v) is 17.9. The zero-order chi connectivity index (χ0) is 46.2. The highest BCUT2D eigenvalue weighted by atomic mass is 31.2. The van der Waals surface area contributed by atoms with Crippen molar-refractivity contribution in [1.29, 1.82) is 0 Å². The first-order valence-corrected chi connectivity index (χ1v) is 25.3. The molecule has 0 amide bonds. The van der Waals surface area contributed by atoms with Crippen molar-refractivity contribution in [2.45, 2.75) is 96.2 Å². The van der Waals surface area contributed by atoms with Gasteiger partial charge >= 0.3 is 0 Å². The summed E-state index contributed by atoms with van der Waals surface area (Å²) >= 11 is 0. The van der Waals surface area contributed by atoms with Crippen LogP contribution in [0.1, 0.15) is 103 Å². The van der Waals surface area contributed by atoms with Crippen LogP contribution in [0.4, 0.5) is 0 Å². The summed E-state index contributed by atoms with van der Waals surface area (Å²) in [7, 11) is -6.72. The normalized spacial score (nSPS) is 14.5. The van der Waals surface area contributed by atoms with Crippen LogP contribution in [0.5, 0.6) is 34.5 Å². The van der Waals surface area contributed by atoms with Gasteiger partial charge in [0, 0.05) is 29.6 Å². The fraction of sp³-hybridized carbons (Fsp3) is 0.321. The minimum absolute atomic E-state index is 0.224. The molecule has 6 aromatic carbocycles. The molecule has 0 heterocycles. The molecule has 0 aliphatic carbocycles. The minimum atomic E-state index is -3.36. The van der Waals surface area contributed by atoms with Crippen molar-refractivity contribution in [1.82, 2.24) is 0 Å². The Labute approximate surface area is 374 Å². The van der Waals surface area contributed by atoms with E-state index < -0.39 is 30.8 Å². The molecule has 0 fully saturated rings. The maximum Gasteiger partial charge on any atom is 0.286 e. The Morgan fingerprint density at radius 2 is 0.524 bits per heavy atom. The fourth-order valence-corrected chi connectivity index (χ4v) is 9.40. The van der Waals surface area contributed by atoms with Gasteiger partial charge in [-0.3, -0.25) is 9.13 Å². The van der Waals surface area contributed by atoms with Crippen molar-refractivity contribution < 1.29 is 37.9 Å². The number of hydrogen-bond donors (Lipinski definition) is 2. The van der Waals surface area contributed by atoms with Gasteiger partial charge in [-0.15, -0.1) is 0 Å². The first-order chi connectivity index (χ1) is 29.2. The molecule has 6 rings (SSSR count). The van der Waals surface area contributed by atoms with Crippen LogP contribution in [0.15, 0.2) is 146 Å². The average Bonchev–Trinajstić information content (AvgIpc) is 3.21. The summed E-state index contributed by atoms with van der Waals surface area (Å²) < 4.78 is 53.2. The van der Waals surface area contributed by atoms with Gasteiger partial charge in [0.15, 0.2) is 10.7 Å². The number of phenolic OH excluding ortho intramolecular Hbond substituents is 2. The summed E-state index contributed by atoms with van der Waals surface area (Å²) in [5.74, 6) is 2.57. The van der Waals surface area contributed by atoms with Gasteiger partial charge in [-0.05, 0) is 134 Å². The molecule has 6 aromatic rings. The van der Waals surface area contributed by atoms with Crippen LogP contribution < -0.4 is 18.5 Å². The number of phenols is 2. The molecular weight excluding hydrogens is 827 g/mol. The van der Waals surface area contributed by atoms with E-state index in [1.807, 2.05) is 121 Å². The van der Waals surface area contributed by atoms with Crippen LogP contribution in [0.3, 0.4) is 0 Å². The number of aromatic hydroxyl groups is 2. The van der Waals surface area contributed by atoms with E-state index >= 15 is 0 Å². The van der Waals surface area contributed by atoms with E-state index in [4.69, 9.17) is 18.5 Å². The van der Waals surface area contributed by atoms with E-state index in [0.717, 1.165) is 33.4 Å². The summed E-state index contributed by atoms with van der Waals surface area (Å²) in [5.41, 5.74) is 5.32. The molecule has 0 spiro atoms. The second-order valence-electron chi connectivity index (χ2n) is 19.0. The monoisotopic (exact) mass is 888 g/mol. The van der Waals surface area contributed by atoms with E-state index in [-0.39, 0.29) is 22.3 Å². The predicted octanol–water partition coefficient (Wildman–Crippen LogP) is 14.3. The predicted molar refractivity (Wildman–Crippen MR) is 256 cm³/mol. The van der Waals surface area contributed by atoms with Crippen molar-refractivity contribution in [2.75, 3.05) is 13.3 Å². The van der Waals surface area contributed by atoms with Crippen molar-refractivity contribution in [2.24, 2.45) is 0 Å². The van der Waals surface area contributed by atoms with E-state index in [0.29, 0.717) is 23.0 Å². The van der Waals surface area contributed by atoms with Gasteiger partial charge in [0.05, 0.1) is 0 Å². The Morgan fingerprint density at radius 3 is 0.746 bits per heavy atom. The van der Waals surface area contributed by atoms with Crippen LogP contribution in [0, 0.1) is 0 Å². The number of rotatable bonds is 16. The number of benzene rings is 6. The first-order valence-electron chi connectivity index (χ1n) is 21.2. The summed E-state index contributed by atoms with van der Waals surface area (Å²) in [6.45, 7) is 23.1. The largest absolute Gasteiger partial charge is 0.508 e. The van der Waals surface area contributed by atoms with Crippen molar-refractivity contribution >= 4 is 14.7 Å². The second kappa shape index (κ2) is 17.3. The van der Waals surface area contributed by atoms with Crippen molar-refractivity contribution in [3.8, 4) is 34.5 Å². The standard InChI is InChI=1S/C53H62O8P2/c1-49(2,37-13-25-43(54)26-14-37)39-17-29-45(30-18-39)58-52(7,8)63(12,57)61-48-35-23-42(24-36-48)51(5,6)40-19-31-46(32-20-40)59-53(9,10)62(11,56)60-47-33-21-41(22-34-47)50(3,4)38-15-27-44(55)28-16-38/h13-36,54-55H,1-12H3. The Hall–Kier alpha value is -5.42. The van der Waals surface area contributed by atoms with Gasteiger partial charge in [-0.25, -0.2) is 0 Å². The van der Waals surface area contributed by atoms with Crippen LogP contribution in [0.25, 0.3) is 0 Å². The molecule has 0 aliphatic heterocycles. The molecule has 8 nitrogen and oxygen atoms in total. The molecule has 0 saturated heterocycles. The Kier molecular flexibility index (Phi) is 12.9. The molecule has 2 atom stereocenters. The average molecular weight is 889 g/mol. The zero-order valence-electron chi connectivity index (χ0n) is 38.6. The summed E-state index contributed by atoms with van der Waals surface area (Å²) in [6, 6.07) is 45.2. The molecule has 10 heteroatoms. The van der Waals surface area contributed by atoms with Gasteiger partial charge < -0.3 is 28.7 Å². The van der Waals surface area contributed by atoms with Crippen LogP contribution in [-0.4, -0.2) is 34.2 Å². The Balaban J connectivity index is 1.06. The summed E-state index contributed by atoms with van der Waals surface area (Å²) in [4.78, 5) is 0. The Morgan fingerprint density at radius 1 is 0.333 bits per heavy atom. The highest BCUT2D eigenvalue weighted by Gasteiger charge is 2.43. The van der Waals surface area contributed by atoms with E-state index in [2.05, 4.69) is 41.5 Å². The van der Waals surface area contributed by atoms with Crippen LogP contribution >= 0.6 is 14.7 Å². The lowest BCUT2D eigenvalue weighted by Crippen LogP contribution is -2.30. The molecule has 0 radical (unpaired) electrons. The summed E-state index contributed by atoms with van der Waals surface area (Å²) in [5, 5.41) is 17.2. The summed E-state index contributed by atoms with van der Waals surface area (Å²) in [6.07, 6.45) is 0. The Bertz CT molecular complexity index is 2590.